The molecule has 1 atom stereocenters. The molecule has 1 saturated heterocycles. The Morgan fingerprint density at radius 1 is 1.09 bits per heavy atom. The van der Waals surface area contributed by atoms with E-state index in [1.165, 1.54) is 12.1 Å². The van der Waals surface area contributed by atoms with Crippen LogP contribution in [0.2, 0.25) is 0 Å². The summed E-state index contributed by atoms with van der Waals surface area (Å²) in [7, 11) is -3.86. The molecule has 0 aromatic heterocycles. The average Bonchev–Trinajstić information content (AvgIpc) is 2.73. The minimum absolute atomic E-state index is 0.0725. The molecular formula is C24H31N3O4S. The smallest absolute Gasteiger partial charge is 0.242 e. The third-order valence-corrected chi connectivity index (χ3v) is 6.89. The topological polar surface area (TPSA) is 95.6 Å². The summed E-state index contributed by atoms with van der Waals surface area (Å²) in [5, 5.41) is 2.82. The van der Waals surface area contributed by atoms with Gasteiger partial charge in [0.15, 0.2) is 0 Å². The molecule has 1 aliphatic heterocycles. The fourth-order valence-electron chi connectivity index (χ4n) is 3.71. The van der Waals surface area contributed by atoms with Crippen LogP contribution in [0, 0.1) is 12.8 Å². The van der Waals surface area contributed by atoms with Gasteiger partial charge in [-0.3, -0.25) is 9.59 Å². The standard InChI is InChI=1S/C24H31N3O4S/c1-17(2)15-22(26-32(30,31)21-12-10-18(3)11-13-21)24(29)25-19-7-6-8-20(16-19)27-14-5-4-9-23(27)28/h6-8,10-13,16-17,22,26H,4-5,9,14-15H2,1-3H3,(H,25,29). The fraction of sp³-hybridized carbons (Fsp3) is 0.417. The highest BCUT2D eigenvalue weighted by atomic mass is 32.2. The quantitative estimate of drug-likeness (QED) is 0.629. The molecule has 8 heteroatoms. The molecule has 0 bridgehead atoms. The number of aryl methyl sites for hydroxylation is 1. The number of benzene rings is 2. The highest BCUT2D eigenvalue weighted by Crippen LogP contribution is 2.24. The monoisotopic (exact) mass is 457 g/mol. The molecule has 7 nitrogen and oxygen atoms in total. The number of carbonyl (C=O) groups is 2. The minimum atomic E-state index is -3.86. The maximum atomic E-state index is 13.0. The van der Waals surface area contributed by atoms with Gasteiger partial charge in [-0.2, -0.15) is 4.72 Å². The molecule has 2 amide bonds. The Morgan fingerprint density at radius 3 is 2.47 bits per heavy atom. The molecule has 0 radical (unpaired) electrons. The Labute approximate surface area is 190 Å². The predicted octanol–water partition coefficient (Wildman–Crippen LogP) is 3.84. The van der Waals surface area contributed by atoms with Gasteiger partial charge in [0.05, 0.1) is 4.90 Å². The maximum absolute atomic E-state index is 13.0. The first-order valence-electron chi connectivity index (χ1n) is 11.0. The third kappa shape index (κ3) is 6.17. The van der Waals surface area contributed by atoms with Crippen molar-refractivity contribution in [3.05, 3.63) is 54.1 Å². The van der Waals surface area contributed by atoms with Crippen molar-refractivity contribution in [2.24, 2.45) is 5.92 Å². The molecular weight excluding hydrogens is 426 g/mol. The molecule has 0 aliphatic carbocycles. The third-order valence-electron chi connectivity index (χ3n) is 5.40. The van der Waals surface area contributed by atoms with Crippen molar-refractivity contribution in [3.8, 4) is 0 Å². The molecule has 32 heavy (non-hydrogen) atoms. The van der Waals surface area contributed by atoms with Crippen molar-refractivity contribution < 1.29 is 18.0 Å². The number of carbonyl (C=O) groups excluding carboxylic acids is 2. The summed E-state index contributed by atoms with van der Waals surface area (Å²) in [4.78, 5) is 27.1. The van der Waals surface area contributed by atoms with Crippen LogP contribution in [0.3, 0.4) is 0 Å². The molecule has 1 fully saturated rings. The summed E-state index contributed by atoms with van der Waals surface area (Å²) < 4.78 is 28.3. The lowest BCUT2D eigenvalue weighted by molar-refractivity contribution is -0.119. The van der Waals surface area contributed by atoms with Crippen LogP contribution < -0.4 is 14.9 Å². The molecule has 0 saturated carbocycles. The molecule has 3 rings (SSSR count). The molecule has 172 valence electrons. The van der Waals surface area contributed by atoms with Gasteiger partial charge in [0, 0.05) is 24.3 Å². The van der Waals surface area contributed by atoms with Crippen LogP contribution >= 0.6 is 0 Å². The first-order chi connectivity index (χ1) is 15.2. The van der Waals surface area contributed by atoms with Crippen molar-refractivity contribution in [2.45, 2.75) is 57.4 Å². The number of piperidine rings is 1. The van der Waals surface area contributed by atoms with E-state index in [1.54, 1.807) is 35.2 Å². The van der Waals surface area contributed by atoms with Crippen LogP contribution in [-0.2, 0) is 19.6 Å². The van der Waals surface area contributed by atoms with E-state index < -0.39 is 22.0 Å². The molecule has 0 spiro atoms. The first kappa shape index (κ1) is 23.9. The van der Waals surface area contributed by atoms with Gasteiger partial charge >= 0.3 is 0 Å². The number of anilines is 2. The highest BCUT2D eigenvalue weighted by molar-refractivity contribution is 7.89. The van der Waals surface area contributed by atoms with Gasteiger partial charge in [-0.15, -0.1) is 0 Å². The number of rotatable bonds is 8. The largest absolute Gasteiger partial charge is 0.325 e. The lowest BCUT2D eigenvalue weighted by Crippen LogP contribution is -2.44. The van der Waals surface area contributed by atoms with E-state index in [1.807, 2.05) is 26.8 Å². The van der Waals surface area contributed by atoms with E-state index in [9.17, 15) is 18.0 Å². The van der Waals surface area contributed by atoms with Crippen molar-refractivity contribution in [2.75, 3.05) is 16.8 Å². The van der Waals surface area contributed by atoms with Crippen molar-refractivity contribution in [1.29, 1.82) is 0 Å². The second kappa shape index (κ2) is 10.3. The SMILES string of the molecule is Cc1ccc(S(=O)(=O)NC(CC(C)C)C(=O)Nc2cccc(N3CCCCC3=O)c2)cc1. The summed E-state index contributed by atoms with van der Waals surface area (Å²) >= 11 is 0. The van der Waals surface area contributed by atoms with Crippen molar-refractivity contribution in [3.63, 3.8) is 0 Å². The van der Waals surface area contributed by atoms with Gasteiger partial charge in [0.2, 0.25) is 21.8 Å². The van der Waals surface area contributed by atoms with E-state index >= 15 is 0 Å². The Hall–Kier alpha value is -2.71. The van der Waals surface area contributed by atoms with Crippen LogP contribution in [0.1, 0.15) is 45.1 Å². The number of nitrogens with zero attached hydrogens (tertiary/aromatic N) is 1. The van der Waals surface area contributed by atoms with Gasteiger partial charge in [0.1, 0.15) is 6.04 Å². The van der Waals surface area contributed by atoms with E-state index in [2.05, 4.69) is 10.0 Å². The maximum Gasteiger partial charge on any atom is 0.242 e. The lowest BCUT2D eigenvalue weighted by Gasteiger charge is -2.27. The summed E-state index contributed by atoms with van der Waals surface area (Å²) in [6, 6.07) is 12.7. The zero-order valence-corrected chi connectivity index (χ0v) is 19.6. The molecule has 2 N–H and O–H groups in total. The number of nitrogens with one attached hydrogen (secondary N) is 2. The Kier molecular flexibility index (Phi) is 7.69. The predicted molar refractivity (Wildman–Crippen MR) is 126 cm³/mol. The van der Waals surface area contributed by atoms with Gasteiger partial charge in [-0.25, -0.2) is 8.42 Å². The summed E-state index contributed by atoms with van der Waals surface area (Å²) in [6.07, 6.45) is 2.71. The summed E-state index contributed by atoms with van der Waals surface area (Å²) in [5.74, 6) is -0.261. The normalized spacial score (nSPS) is 15.6. The fourth-order valence-corrected chi connectivity index (χ4v) is 4.92. The van der Waals surface area contributed by atoms with Crippen LogP contribution in [0.4, 0.5) is 11.4 Å². The molecule has 1 heterocycles. The van der Waals surface area contributed by atoms with Crippen molar-refractivity contribution in [1.82, 2.24) is 4.72 Å². The van der Waals surface area contributed by atoms with Gasteiger partial charge in [-0.1, -0.05) is 37.6 Å². The molecule has 1 unspecified atom stereocenters. The van der Waals surface area contributed by atoms with Gasteiger partial charge in [-0.05, 0) is 62.4 Å². The summed E-state index contributed by atoms with van der Waals surface area (Å²) in [5.41, 5.74) is 2.20. The Morgan fingerprint density at radius 2 is 1.81 bits per heavy atom. The zero-order chi connectivity index (χ0) is 23.3. The van der Waals surface area contributed by atoms with Crippen LogP contribution in [-0.4, -0.2) is 32.8 Å². The number of hydrogen-bond donors (Lipinski definition) is 2. The number of amides is 2. The van der Waals surface area contributed by atoms with E-state index in [0.717, 1.165) is 24.1 Å². The van der Waals surface area contributed by atoms with Crippen LogP contribution in [0.5, 0.6) is 0 Å². The first-order valence-corrected chi connectivity index (χ1v) is 12.4. The second-order valence-electron chi connectivity index (χ2n) is 8.66. The zero-order valence-electron chi connectivity index (χ0n) is 18.8. The summed E-state index contributed by atoms with van der Waals surface area (Å²) in [6.45, 7) is 6.40. The van der Waals surface area contributed by atoms with Crippen LogP contribution in [0.15, 0.2) is 53.4 Å². The average molecular weight is 458 g/mol. The van der Waals surface area contributed by atoms with Crippen LogP contribution in [0.25, 0.3) is 0 Å². The molecule has 2 aromatic carbocycles. The Bertz CT molecular complexity index is 1060. The lowest BCUT2D eigenvalue weighted by atomic mass is 10.0. The van der Waals surface area contributed by atoms with E-state index in [0.29, 0.717) is 25.1 Å². The minimum Gasteiger partial charge on any atom is -0.325 e. The highest BCUT2D eigenvalue weighted by Gasteiger charge is 2.27. The van der Waals surface area contributed by atoms with Gasteiger partial charge in [0.25, 0.3) is 0 Å². The molecule has 2 aromatic rings. The number of sulfonamides is 1. The van der Waals surface area contributed by atoms with Gasteiger partial charge < -0.3 is 10.2 Å². The Balaban J connectivity index is 1.77. The number of hydrogen-bond acceptors (Lipinski definition) is 4. The van der Waals surface area contributed by atoms with Crippen molar-refractivity contribution >= 4 is 33.2 Å². The van der Waals surface area contributed by atoms with E-state index in [4.69, 9.17) is 0 Å². The molecule has 1 aliphatic rings. The van der Waals surface area contributed by atoms with E-state index in [-0.39, 0.29) is 16.7 Å². The second-order valence-corrected chi connectivity index (χ2v) is 10.4.